The van der Waals surface area contributed by atoms with E-state index in [2.05, 4.69) is 25.6 Å². The van der Waals surface area contributed by atoms with Crippen molar-refractivity contribution >= 4 is 5.91 Å². The first-order chi connectivity index (χ1) is 13.6. The number of nitrogens with one attached hydrogen (secondary N) is 2. The minimum Gasteiger partial charge on any atom is -0.347 e. The van der Waals surface area contributed by atoms with Gasteiger partial charge < -0.3 is 5.32 Å². The van der Waals surface area contributed by atoms with Crippen molar-refractivity contribution in [2.75, 3.05) is 0 Å². The van der Waals surface area contributed by atoms with Crippen LogP contribution in [0.1, 0.15) is 16.1 Å². The van der Waals surface area contributed by atoms with Gasteiger partial charge >= 0.3 is 0 Å². The number of carbonyl (C=O) groups excluding carboxylic acids is 1. The van der Waals surface area contributed by atoms with Crippen LogP contribution in [0.4, 0.5) is 4.39 Å². The first-order valence-corrected chi connectivity index (χ1v) is 8.61. The number of halogens is 1. The average Bonchev–Trinajstić information content (AvgIpc) is 3.36. The molecule has 1 aromatic carbocycles. The molecular formula is C20H17FN6O. The molecule has 0 bridgehead atoms. The van der Waals surface area contributed by atoms with E-state index in [9.17, 15) is 9.18 Å². The second-order valence-corrected chi connectivity index (χ2v) is 6.34. The zero-order valence-corrected chi connectivity index (χ0v) is 15.1. The Morgan fingerprint density at radius 2 is 1.93 bits per heavy atom. The van der Waals surface area contributed by atoms with E-state index in [0.29, 0.717) is 17.9 Å². The average molecular weight is 376 g/mol. The molecule has 0 radical (unpaired) electrons. The van der Waals surface area contributed by atoms with Crippen LogP contribution in [-0.2, 0) is 13.6 Å². The number of H-pyrrole nitrogens is 1. The van der Waals surface area contributed by atoms with E-state index in [-0.39, 0.29) is 11.7 Å². The van der Waals surface area contributed by atoms with Crippen molar-refractivity contribution in [1.29, 1.82) is 0 Å². The van der Waals surface area contributed by atoms with Gasteiger partial charge in [-0.1, -0.05) is 0 Å². The number of aryl methyl sites for hydroxylation is 1. The van der Waals surface area contributed by atoms with Crippen LogP contribution in [0, 0.1) is 5.82 Å². The highest BCUT2D eigenvalue weighted by molar-refractivity contribution is 5.93. The number of hydrogen-bond acceptors (Lipinski definition) is 4. The Morgan fingerprint density at radius 1 is 1.11 bits per heavy atom. The molecule has 0 aliphatic rings. The Bertz CT molecular complexity index is 1120. The number of aromatic nitrogens is 5. The summed E-state index contributed by atoms with van der Waals surface area (Å²) < 4.78 is 14.8. The standard InChI is InChI=1S/C20H17FN6O/c1-27-12-16(11-24-27)15-6-13(8-22-10-15)9-23-20(28)19-7-18(25-26-19)14-2-4-17(21)5-3-14/h2-8,10-12H,9H2,1H3,(H,23,28)(H,25,26). The lowest BCUT2D eigenvalue weighted by Crippen LogP contribution is -2.23. The summed E-state index contributed by atoms with van der Waals surface area (Å²) in [6.07, 6.45) is 7.13. The quantitative estimate of drug-likeness (QED) is 0.561. The number of pyridine rings is 1. The van der Waals surface area contributed by atoms with E-state index in [1.807, 2.05) is 19.3 Å². The summed E-state index contributed by atoms with van der Waals surface area (Å²) in [5.74, 6) is -0.605. The third-order valence-electron chi connectivity index (χ3n) is 4.25. The number of rotatable bonds is 5. The molecule has 140 valence electrons. The predicted molar refractivity (Wildman–Crippen MR) is 102 cm³/mol. The first kappa shape index (κ1) is 17.6. The van der Waals surface area contributed by atoms with Crippen molar-refractivity contribution < 1.29 is 9.18 Å². The Morgan fingerprint density at radius 3 is 2.68 bits per heavy atom. The van der Waals surface area contributed by atoms with E-state index in [1.165, 1.54) is 12.1 Å². The molecule has 0 spiro atoms. The first-order valence-electron chi connectivity index (χ1n) is 8.61. The molecule has 7 nitrogen and oxygen atoms in total. The fourth-order valence-electron chi connectivity index (χ4n) is 2.80. The number of aromatic amines is 1. The van der Waals surface area contributed by atoms with Crippen LogP contribution >= 0.6 is 0 Å². The van der Waals surface area contributed by atoms with Gasteiger partial charge in [-0.05, 0) is 42.0 Å². The van der Waals surface area contributed by atoms with Gasteiger partial charge in [0.1, 0.15) is 11.5 Å². The summed E-state index contributed by atoms with van der Waals surface area (Å²) in [7, 11) is 1.85. The van der Waals surface area contributed by atoms with Crippen LogP contribution in [0.3, 0.4) is 0 Å². The topological polar surface area (TPSA) is 88.5 Å². The summed E-state index contributed by atoms with van der Waals surface area (Å²) in [6.45, 7) is 0.324. The van der Waals surface area contributed by atoms with Crippen molar-refractivity contribution in [3.05, 3.63) is 78.3 Å². The van der Waals surface area contributed by atoms with Gasteiger partial charge in [-0.25, -0.2) is 4.39 Å². The Hall–Kier alpha value is -3.81. The molecule has 0 saturated heterocycles. The minimum atomic E-state index is -0.320. The monoisotopic (exact) mass is 376 g/mol. The molecular weight excluding hydrogens is 359 g/mol. The maximum atomic E-state index is 13.0. The molecule has 3 aromatic heterocycles. The molecule has 4 rings (SSSR count). The molecule has 0 fully saturated rings. The molecule has 28 heavy (non-hydrogen) atoms. The summed E-state index contributed by atoms with van der Waals surface area (Å²) >= 11 is 0. The second kappa shape index (κ2) is 7.43. The number of benzene rings is 1. The van der Waals surface area contributed by atoms with Gasteiger partial charge in [0.15, 0.2) is 0 Å². The predicted octanol–water partition coefficient (Wildman–Crippen LogP) is 2.94. The number of carbonyl (C=O) groups is 1. The third-order valence-corrected chi connectivity index (χ3v) is 4.25. The number of nitrogens with zero attached hydrogens (tertiary/aromatic N) is 4. The zero-order chi connectivity index (χ0) is 19.5. The highest BCUT2D eigenvalue weighted by atomic mass is 19.1. The van der Waals surface area contributed by atoms with Gasteiger partial charge in [-0.15, -0.1) is 0 Å². The summed E-state index contributed by atoms with van der Waals surface area (Å²) in [5, 5.41) is 13.8. The molecule has 3 heterocycles. The lowest BCUT2D eigenvalue weighted by Gasteiger charge is -2.05. The van der Waals surface area contributed by atoms with Crippen LogP contribution in [-0.4, -0.2) is 30.9 Å². The highest BCUT2D eigenvalue weighted by Crippen LogP contribution is 2.19. The Kier molecular flexibility index (Phi) is 4.67. The van der Waals surface area contributed by atoms with Crippen LogP contribution in [0.15, 0.2) is 61.2 Å². The normalized spacial score (nSPS) is 10.8. The van der Waals surface area contributed by atoms with Gasteiger partial charge in [-0.2, -0.15) is 10.2 Å². The fourth-order valence-corrected chi connectivity index (χ4v) is 2.80. The maximum Gasteiger partial charge on any atom is 0.269 e. The van der Waals surface area contributed by atoms with Crippen molar-refractivity contribution in [2.45, 2.75) is 6.54 Å². The molecule has 0 atom stereocenters. The van der Waals surface area contributed by atoms with Crippen molar-refractivity contribution in [2.24, 2.45) is 7.05 Å². The third kappa shape index (κ3) is 3.80. The maximum absolute atomic E-state index is 13.0. The Labute approximate surface area is 160 Å². The zero-order valence-electron chi connectivity index (χ0n) is 15.1. The van der Waals surface area contributed by atoms with Crippen molar-refractivity contribution in [1.82, 2.24) is 30.3 Å². The molecule has 0 aliphatic heterocycles. The molecule has 0 unspecified atom stereocenters. The smallest absolute Gasteiger partial charge is 0.269 e. The summed E-state index contributed by atoms with van der Waals surface area (Å²) in [4.78, 5) is 16.6. The molecule has 0 saturated carbocycles. The Balaban J connectivity index is 1.43. The van der Waals surface area contributed by atoms with Gasteiger partial charge in [0.2, 0.25) is 0 Å². The number of amides is 1. The van der Waals surface area contributed by atoms with E-state index >= 15 is 0 Å². The number of hydrogen-bond donors (Lipinski definition) is 2. The molecule has 4 aromatic rings. The molecule has 8 heteroatoms. The van der Waals surface area contributed by atoms with E-state index in [0.717, 1.165) is 22.3 Å². The lowest BCUT2D eigenvalue weighted by atomic mass is 10.1. The van der Waals surface area contributed by atoms with Gasteiger partial charge in [0.25, 0.3) is 5.91 Å². The SMILES string of the molecule is Cn1cc(-c2cncc(CNC(=O)c3cc(-c4ccc(F)cc4)n[nH]3)c2)cn1. The summed E-state index contributed by atoms with van der Waals surface area (Å²) in [6, 6.07) is 9.53. The lowest BCUT2D eigenvalue weighted by molar-refractivity contribution is 0.0946. The minimum absolute atomic E-state index is 0.285. The van der Waals surface area contributed by atoms with E-state index in [1.54, 1.807) is 41.5 Å². The largest absolute Gasteiger partial charge is 0.347 e. The van der Waals surface area contributed by atoms with Crippen molar-refractivity contribution in [3.63, 3.8) is 0 Å². The fraction of sp³-hybridized carbons (Fsp3) is 0.100. The highest BCUT2D eigenvalue weighted by Gasteiger charge is 2.11. The molecule has 2 N–H and O–H groups in total. The van der Waals surface area contributed by atoms with Crippen LogP contribution in [0.2, 0.25) is 0 Å². The van der Waals surface area contributed by atoms with E-state index < -0.39 is 0 Å². The van der Waals surface area contributed by atoms with E-state index in [4.69, 9.17) is 0 Å². The van der Waals surface area contributed by atoms with Crippen LogP contribution in [0.5, 0.6) is 0 Å². The van der Waals surface area contributed by atoms with Crippen molar-refractivity contribution in [3.8, 4) is 22.4 Å². The van der Waals surface area contributed by atoms with Gasteiger partial charge in [-0.3, -0.25) is 19.6 Å². The molecule has 0 aliphatic carbocycles. The second-order valence-electron chi connectivity index (χ2n) is 6.34. The van der Waals surface area contributed by atoms with Crippen LogP contribution < -0.4 is 5.32 Å². The van der Waals surface area contributed by atoms with Gasteiger partial charge in [0.05, 0.1) is 11.9 Å². The molecule has 1 amide bonds. The van der Waals surface area contributed by atoms with Gasteiger partial charge in [0, 0.05) is 48.9 Å². The van der Waals surface area contributed by atoms with Crippen LogP contribution in [0.25, 0.3) is 22.4 Å². The summed E-state index contributed by atoms with van der Waals surface area (Å²) in [5.41, 5.74) is 4.39.